The van der Waals surface area contributed by atoms with E-state index in [1.54, 1.807) is 11.9 Å². The van der Waals surface area contributed by atoms with Crippen molar-refractivity contribution in [2.75, 3.05) is 18.6 Å². The van der Waals surface area contributed by atoms with Crippen LogP contribution in [0, 0.1) is 20.8 Å². The summed E-state index contributed by atoms with van der Waals surface area (Å²) in [4.78, 5) is 14.3. The average molecular weight is 375 g/mol. The zero-order valence-corrected chi connectivity index (χ0v) is 16.5. The van der Waals surface area contributed by atoms with Gasteiger partial charge in [0.25, 0.3) is 5.91 Å². The predicted octanol–water partition coefficient (Wildman–Crippen LogP) is 2.44. The van der Waals surface area contributed by atoms with Crippen LogP contribution in [-0.2, 0) is 16.4 Å². The second-order valence-electron chi connectivity index (χ2n) is 7.18. The first-order chi connectivity index (χ1) is 12.2. The second kappa shape index (κ2) is 6.87. The third-order valence-corrected chi connectivity index (χ3v) is 6.82. The number of rotatable bonds is 4. The van der Waals surface area contributed by atoms with E-state index in [0.29, 0.717) is 18.5 Å². The van der Waals surface area contributed by atoms with Crippen LogP contribution in [0.25, 0.3) is 0 Å². The van der Waals surface area contributed by atoms with Crippen LogP contribution in [0.3, 0.4) is 0 Å². The molecule has 1 fully saturated rings. The van der Waals surface area contributed by atoms with E-state index in [-0.39, 0.29) is 23.5 Å². The Bertz CT molecular complexity index is 930. The van der Waals surface area contributed by atoms with Gasteiger partial charge in [0.1, 0.15) is 0 Å². The molecule has 0 spiro atoms. The summed E-state index contributed by atoms with van der Waals surface area (Å²) in [6.45, 7) is 6.29. The normalized spacial score (nSPS) is 18.8. The number of hydrogen-bond donors (Lipinski definition) is 0. The smallest absolute Gasteiger partial charge is 0.253 e. The Morgan fingerprint density at radius 1 is 1.23 bits per heavy atom. The van der Waals surface area contributed by atoms with E-state index in [2.05, 4.69) is 5.10 Å². The van der Waals surface area contributed by atoms with E-state index < -0.39 is 9.84 Å². The number of carbonyl (C=O) groups excluding carboxylic acids is 1. The van der Waals surface area contributed by atoms with Gasteiger partial charge in [-0.05, 0) is 39.3 Å². The van der Waals surface area contributed by atoms with Crippen LogP contribution in [0.2, 0.25) is 0 Å². The highest BCUT2D eigenvalue weighted by molar-refractivity contribution is 7.91. The molecule has 140 valence electrons. The minimum atomic E-state index is -2.97. The van der Waals surface area contributed by atoms with E-state index in [1.165, 1.54) is 0 Å². The second-order valence-corrected chi connectivity index (χ2v) is 9.41. The first kappa shape index (κ1) is 18.6. The molecule has 1 aliphatic rings. The van der Waals surface area contributed by atoms with Crippen LogP contribution < -0.4 is 0 Å². The zero-order chi connectivity index (χ0) is 19.1. The van der Waals surface area contributed by atoms with Gasteiger partial charge in [0.05, 0.1) is 23.2 Å². The van der Waals surface area contributed by atoms with Crippen LogP contribution in [0.1, 0.15) is 45.3 Å². The van der Waals surface area contributed by atoms with Crippen molar-refractivity contribution >= 4 is 15.7 Å². The number of amides is 1. The number of aromatic nitrogens is 2. The molecule has 1 saturated heterocycles. The van der Waals surface area contributed by atoms with E-state index in [9.17, 15) is 13.2 Å². The molecule has 1 aromatic heterocycles. The lowest BCUT2D eigenvalue weighted by Gasteiger charge is -2.18. The average Bonchev–Trinajstić information content (AvgIpc) is 3.08. The summed E-state index contributed by atoms with van der Waals surface area (Å²) >= 11 is 0. The van der Waals surface area contributed by atoms with Gasteiger partial charge in [-0.1, -0.05) is 17.7 Å². The topological polar surface area (TPSA) is 72.3 Å². The number of sulfone groups is 1. The van der Waals surface area contributed by atoms with E-state index in [4.69, 9.17) is 0 Å². The van der Waals surface area contributed by atoms with Gasteiger partial charge in [-0.25, -0.2) is 8.42 Å². The molecule has 3 rings (SSSR count). The predicted molar refractivity (Wildman–Crippen MR) is 101 cm³/mol. The fraction of sp³-hybridized carbons (Fsp3) is 0.474. The van der Waals surface area contributed by atoms with Crippen LogP contribution in [0.4, 0.5) is 0 Å². The monoisotopic (exact) mass is 375 g/mol. The van der Waals surface area contributed by atoms with Gasteiger partial charge in [0.2, 0.25) is 0 Å². The molecule has 1 amide bonds. The largest absolute Gasteiger partial charge is 0.337 e. The molecule has 6 nitrogen and oxygen atoms in total. The molecule has 2 aromatic rings. The molecule has 0 N–H and O–H groups in total. The van der Waals surface area contributed by atoms with Crippen LogP contribution in [0.5, 0.6) is 0 Å². The summed E-state index contributed by atoms with van der Waals surface area (Å²) in [6.07, 6.45) is 0.599. The van der Waals surface area contributed by atoms with Crippen LogP contribution in [0.15, 0.2) is 24.3 Å². The maximum atomic E-state index is 12.7. The zero-order valence-electron chi connectivity index (χ0n) is 15.7. The molecule has 2 heterocycles. The highest BCUT2D eigenvalue weighted by Gasteiger charge is 2.31. The fourth-order valence-corrected chi connectivity index (χ4v) is 5.17. The Kier molecular flexibility index (Phi) is 4.92. The Morgan fingerprint density at radius 3 is 2.46 bits per heavy atom. The Hall–Kier alpha value is -2.15. The molecule has 0 bridgehead atoms. The van der Waals surface area contributed by atoms with Crippen LogP contribution >= 0.6 is 0 Å². The van der Waals surface area contributed by atoms with Crippen molar-refractivity contribution < 1.29 is 13.2 Å². The van der Waals surface area contributed by atoms with Crippen molar-refractivity contribution in [3.63, 3.8) is 0 Å². The number of aryl methyl sites for hydroxylation is 2. The summed E-state index contributed by atoms with van der Waals surface area (Å²) in [5.74, 6) is 0.323. The van der Waals surface area contributed by atoms with Gasteiger partial charge in [0.15, 0.2) is 9.84 Å². The van der Waals surface area contributed by atoms with E-state index >= 15 is 0 Å². The molecular weight excluding hydrogens is 350 g/mol. The number of hydrogen-bond acceptors (Lipinski definition) is 4. The van der Waals surface area contributed by atoms with Gasteiger partial charge in [0, 0.05) is 30.4 Å². The maximum Gasteiger partial charge on any atom is 0.253 e. The molecule has 0 saturated carbocycles. The molecule has 7 heteroatoms. The molecule has 26 heavy (non-hydrogen) atoms. The fourth-order valence-electron chi connectivity index (χ4n) is 3.48. The van der Waals surface area contributed by atoms with Crippen molar-refractivity contribution in [1.29, 1.82) is 0 Å². The first-order valence-corrected chi connectivity index (χ1v) is 10.6. The summed E-state index contributed by atoms with van der Waals surface area (Å²) in [7, 11) is -1.19. The lowest BCUT2D eigenvalue weighted by molar-refractivity contribution is 0.0784. The Balaban J connectivity index is 1.79. The summed E-state index contributed by atoms with van der Waals surface area (Å²) < 4.78 is 25.4. The molecule has 1 aliphatic heterocycles. The van der Waals surface area contributed by atoms with Crippen molar-refractivity contribution in [3.8, 4) is 0 Å². The number of nitrogens with zero attached hydrogens (tertiary/aromatic N) is 3. The Labute approximate surface area is 154 Å². The molecule has 0 aliphatic carbocycles. The van der Waals surface area contributed by atoms with Crippen LogP contribution in [-0.4, -0.2) is 47.6 Å². The quantitative estimate of drug-likeness (QED) is 0.823. The van der Waals surface area contributed by atoms with Crippen molar-refractivity contribution in [2.45, 2.75) is 39.8 Å². The highest BCUT2D eigenvalue weighted by Crippen LogP contribution is 2.27. The SMILES string of the molecule is Cc1ccc(C(=O)N(C)Cc2c(C)nn(C3CCS(=O)(=O)C3)c2C)cc1. The minimum Gasteiger partial charge on any atom is -0.337 e. The summed E-state index contributed by atoms with van der Waals surface area (Å²) in [5.41, 5.74) is 4.53. The van der Waals surface area contributed by atoms with Gasteiger partial charge in [-0.2, -0.15) is 5.10 Å². The molecule has 1 atom stereocenters. The highest BCUT2D eigenvalue weighted by atomic mass is 32.2. The standard InChI is InChI=1S/C19H25N3O3S/c1-13-5-7-16(8-6-13)19(23)21(4)11-18-14(2)20-22(15(18)3)17-9-10-26(24,25)12-17/h5-8,17H,9-12H2,1-4H3. The summed E-state index contributed by atoms with van der Waals surface area (Å²) in [5, 5.41) is 4.57. The van der Waals surface area contributed by atoms with Gasteiger partial charge in [-0.15, -0.1) is 0 Å². The van der Waals surface area contributed by atoms with Crippen molar-refractivity contribution in [2.24, 2.45) is 0 Å². The number of benzene rings is 1. The molecule has 1 unspecified atom stereocenters. The Morgan fingerprint density at radius 2 is 1.88 bits per heavy atom. The third kappa shape index (κ3) is 3.67. The lowest BCUT2D eigenvalue weighted by atomic mass is 10.1. The maximum absolute atomic E-state index is 12.7. The van der Waals surface area contributed by atoms with Crippen molar-refractivity contribution in [3.05, 3.63) is 52.3 Å². The summed E-state index contributed by atoms with van der Waals surface area (Å²) in [6, 6.07) is 7.42. The third-order valence-electron chi connectivity index (χ3n) is 5.07. The number of carbonyl (C=O) groups is 1. The molecule has 0 radical (unpaired) electrons. The molecule has 1 aromatic carbocycles. The lowest BCUT2D eigenvalue weighted by Crippen LogP contribution is -2.26. The van der Waals surface area contributed by atoms with Gasteiger partial charge >= 0.3 is 0 Å². The van der Waals surface area contributed by atoms with Crippen molar-refractivity contribution in [1.82, 2.24) is 14.7 Å². The van der Waals surface area contributed by atoms with E-state index in [1.807, 2.05) is 49.7 Å². The van der Waals surface area contributed by atoms with E-state index in [0.717, 1.165) is 22.5 Å². The minimum absolute atomic E-state index is 0.0417. The molecular formula is C19H25N3O3S. The first-order valence-electron chi connectivity index (χ1n) is 8.75. The van der Waals surface area contributed by atoms with Gasteiger partial charge < -0.3 is 4.90 Å². The van der Waals surface area contributed by atoms with Gasteiger partial charge in [-0.3, -0.25) is 9.48 Å².